The van der Waals surface area contributed by atoms with Crippen LogP contribution in [0.1, 0.15) is 179 Å². The van der Waals surface area contributed by atoms with Crippen molar-refractivity contribution in [1.29, 1.82) is 0 Å². The predicted octanol–water partition coefficient (Wildman–Crippen LogP) is 19.9. The van der Waals surface area contributed by atoms with Crippen LogP contribution in [0.2, 0.25) is 0 Å². The van der Waals surface area contributed by atoms with Crippen molar-refractivity contribution in [1.82, 2.24) is 0 Å². The van der Waals surface area contributed by atoms with Crippen LogP contribution >= 0.6 is 11.3 Å². The molecule has 1 heterocycles. The van der Waals surface area contributed by atoms with E-state index in [0.29, 0.717) is 66.4 Å². The maximum Gasteiger partial charge on any atom is 0.237 e. The minimum atomic E-state index is -0.840. The van der Waals surface area contributed by atoms with Gasteiger partial charge in [0.15, 0.2) is 23.1 Å². The predicted molar refractivity (Wildman–Crippen MR) is 511 cm³/mol. The fourth-order valence-electron chi connectivity index (χ4n) is 15.6. The average molecular weight is 1840 g/mol. The van der Waals surface area contributed by atoms with E-state index in [1.807, 2.05) is 49.4 Å². The first kappa shape index (κ1) is 95.0. The fourth-order valence-corrected chi connectivity index (χ4v) is 16.2. The maximum atomic E-state index is 12.5. The normalized spacial score (nSPS) is 13.9. The monoisotopic (exact) mass is 1840 g/mol. The van der Waals surface area contributed by atoms with Crippen molar-refractivity contribution in [2.45, 2.75) is 39.0 Å². The highest BCUT2D eigenvalue weighted by Crippen LogP contribution is 2.39. The summed E-state index contributed by atoms with van der Waals surface area (Å²) < 4.78 is 10.1. The number of benzene rings is 12. The largest absolute Gasteiger partial charge is 0.507 e. The van der Waals surface area contributed by atoms with Gasteiger partial charge in [-0.25, -0.2) is 0 Å². The van der Waals surface area contributed by atoms with Crippen LogP contribution in [0.15, 0.2) is 349 Å². The van der Waals surface area contributed by atoms with Gasteiger partial charge in [-0.1, -0.05) is 279 Å². The van der Waals surface area contributed by atoms with E-state index < -0.39 is 69.4 Å². The molecule has 6 aliphatic rings. The zero-order valence-electron chi connectivity index (χ0n) is 73.1. The molecule has 0 atom stereocenters. The van der Waals surface area contributed by atoms with Crippen LogP contribution in [-0.2, 0) is 35.2 Å². The lowest BCUT2D eigenvalue weighted by Crippen LogP contribution is -2.25. The second kappa shape index (κ2) is 42.0. The molecule has 19 rings (SSSR count). The van der Waals surface area contributed by atoms with Gasteiger partial charge >= 0.3 is 0 Å². The van der Waals surface area contributed by atoms with Crippen LogP contribution in [0, 0.1) is 6.92 Å². The van der Waals surface area contributed by atoms with Crippen molar-refractivity contribution >= 4 is 144 Å². The van der Waals surface area contributed by atoms with E-state index in [4.69, 9.17) is 9.47 Å². The van der Waals surface area contributed by atoms with E-state index in [0.717, 1.165) is 22.3 Å². The molecule has 137 heavy (non-hydrogen) atoms. The number of aliphatic hydroxyl groups is 6. The van der Waals surface area contributed by atoms with E-state index in [1.54, 1.807) is 261 Å². The van der Waals surface area contributed by atoms with Crippen molar-refractivity contribution < 1.29 is 117 Å². The number of thiophene rings is 1. The number of aliphatic hydroxyl groups excluding tert-OH is 6. The van der Waals surface area contributed by atoms with Crippen molar-refractivity contribution in [3.63, 3.8) is 0 Å². The van der Waals surface area contributed by atoms with Crippen molar-refractivity contribution in [2.24, 2.45) is 0 Å². The highest BCUT2D eigenvalue weighted by atomic mass is 32.1. The third kappa shape index (κ3) is 20.4. The third-order valence-electron chi connectivity index (χ3n) is 22.9. The lowest BCUT2D eigenvalue weighted by Gasteiger charge is -2.18. The number of rotatable bonds is 18. The summed E-state index contributed by atoms with van der Waals surface area (Å²) in [6.07, 6.45) is -1.00. The zero-order chi connectivity index (χ0) is 97.6. The summed E-state index contributed by atoms with van der Waals surface area (Å²) in [4.78, 5) is 196. The zero-order valence-corrected chi connectivity index (χ0v) is 73.9. The molecule has 1 aromatic heterocycles. The van der Waals surface area contributed by atoms with Crippen LogP contribution in [0.4, 0.5) is 0 Å². The number of Topliss-reactive ketones (excluding diaryl/α,β-unsaturated/α-hetero) is 16. The van der Waals surface area contributed by atoms with E-state index in [-0.39, 0.29) is 162 Å². The Balaban J connectivity index is 0.000000132. The quantitative estimate of drug-likeness (QED) is 0.0343. The first-order valence-electron chi connectivity index (χ1n) is 42.3. The molecule has 0 saturated heterocycles. The second-order valence-electron chi connectivity index (χ2n) is 31.4. The molecule has 6 aliphatic carbocycles. The van der Waals surface area contributed by atoms with Crippen molar-refractivity contribution in [2.75, 3.05) is 14.2 Å². The van der Waals surface area contributed by atoms with Crippen LogP contribution < -0.4 is 9.47 Å². The molecule has 13 aromatic rings. The number of ether oxygens (including phenoxy) is 2. The Kier molecular flexibility index (Phi) is 29.1. The number of carbonyl (C=O) groups excluding carboxylic acids is 16. The maximum absolute atomic E-state index is 12.5. The van der Waals surface area contributed by atoms with Gasteiger partial charge < -0.3 is 40.1 Å². The summed E-state index contributed by atoms with van der Waals surface area (Å²) in [5.41, 5.74) is 8.43. The number of carbonyl (C=O) groups is 16. The van der Waals surface area contributed by atoms with Crippen LogP contribution in [0.5, 0.6) is 11.5 Å². The van der Waals surface area contributed by atoms with Crippen LogP contribution in [0.25, 0.3) is 51.3 Å². The molecule has 25 heteroatoms. The van der Waals surface area contributed by atoms with Crippen LogP contribution in [0.3, 0.4) is 0 Å². The lowest BCUT2D eigenvalue weighted by atomic mass is 9.85. The smallest absolute Gasteiger partial charge is 0.237 e. The number of fused-ring (bicyclic) bond motifs is 6. The highest BCUT2D eigenvalue weighted by Gasteiger charge is 2.40. The Morgan fingerprint density at radius 1 is 0.241 bits per heavy atom. The number of hydrogen-bond acceptors (Lipinski definition) is 25. The van der Waals surface area contributed by atoms with E-state index in [1.165, 1.54) is 42.7 Å². The van der Waals surface area contributed by atoms with Gasteiger partial charge in [0, 0.05) is 116 Å². The van der Waals surface area contributed by atoms with Crippen LogP contribution in [-0.4, -0.2) is 137 Å². The minimum Gasteiger partial charge on any atom is -0.507 e. The summed E-state index contributed by atoms with van der Waals surface area (Å²) in [6.45, 7) is 1.91. The lowest BCUT2D eigenvalue weighted by molar-refractivity contribution is -0.112. The van der Waals surface area contributed by atoms with E-state index >= 15 is 0 Å². The molecule has 0 fully saturated rings. The van der Waals surface area contributed by atoms with Gasteiger partial charge in [0.25, 0.3) is 0 Å². The Bertz CT molecular complexity index is 7400. The summed E-state index contributed by atoms with van der Waals surface area (Å²) in [7, 11) is 3.09. The Labute approximate surface area is 785 Å². The second-order valence-corrected chi connectivity index (χ2v) is 32.3. The molecule has 0 bridgehead atoms. The summed E-state index contributed by atoms with van der Waals surface area (Å²) in [5, 5.41) is 63.8. The Hall–Kier alpha value is -18.1. The average Bonchev–Trinajstić information content (AvgIpc) is 0.787. The number of methoxy groups -OCH3 is 2. The topological polar surface area (TPSA) is 413 Å². The first-order chi connectivity index (χ1) is 66.0. The summed E-state index contributed by atoms with van der Waals surface area (Å²) in [6, 6.07) is 87.9. The Morgan fingerprint density at radius 2 is 0.504 bits per heavy atom. The number of allylic oxidation sites excluding steroid dienone is 6. The molecule has 0 unspecified atom stereocenters. The van der Waals surface area contributed by atoms with Gasteiger partial charge in [0.2, 0.25) is 69.4 Å². The Morgan fingerprint density at radius 3 is 0.839 bits per heavy atom. The molecule has 0 radical (unpaired) electrons. The van der Waals surface area contributed by atoms with Gasteiger partial charge in [-0.15, -0.1) is 11.3 Å². The SMILES string of the molecule is COc1ccc(C(=O)CC2=C(O)c3ccccc3C(=O)C2=O)cc1.COc1ccc(CC2=C(O)c3ccccc3C(=O)C2=O)cc1.Cc1ccc(C(=O)CC2=C(O)c3ccccc3C(=O)C2=O)cc1.O=C1C(=O)c2ccccc2C(O)=C1CC(=O)c1ccccc1.O=C1C(=O)c2ccccc2C(O)=C1CC(=O)c1cccs1.O=C1C(=O)c2ccccc2C(O)=C1c1ccc(-c2ccccc2)cc1. The molecular weight excluding hydrogens is 1760 g/mol. The van der Waals surface area contributed by atoms with Crippen molar-refractivity contribution in [3.8, 4) is 22.6 Å². The molecule has 24 nitrogen and oxygen atoms in total. The standard InChI is InChI=1S/C22H14O3.C19H14O5.C19H14O4.C18H14O4.C18H12O4.C16H10O4S/c23-20-17-8-4-5-9-18(17)21(24)22(25)19(20)16-12-10-15(11-13-16)14-6-2-1-3-7-14;1-24-12-8-6-11(7-9-12)16(20)10-15-17(21)13-4-2-3-5-14(13)18(22)19(15)23;1-11-6-8-12(9-7-11)16(20)10-15-17(21)13-4-2-3-5-14(13)18(22)19(15)23;1-22-12-8-6-11(7-9-12)10-15-16(19)13-4-2-3-5-14(13)17(20)18(15)21;19-15(11-6-2-1-3-7-11)10-14-16(20)12-8-4-5-9-13(12)17(21)18(14)22;17-12(13-6-3-7-21-13)8-11-14(18)9-4-1-2-5-10(9)15(19)16(11)20/h1-13,23H;2-9,21H,10H2,1H3;2-9,21H,10H2,1H3;2-9,19H,10H2,1H3;1-9,20H,10H2;1-7,18H,8H2. The molecular formula is C112H78O24S. The molecule has 0 amide bonds. The van der Waals surface area contributed by atoms with Crippen molar-refractivity contribution in [3.05, 3.63) is 454 Å². The van der Waals surface area contributed by atoms with Gasteiger partial charge in [-0.05, 0) is 77.0 Å². The number of ketones is 16. The molecule has 0 saturated carbocycles. The van der Waals surface area contributed by atoms with Gasteiger partial charge in [-0.3, -0.25) is 76.7 Å². The van der Waals surface area contributed by atoms with E-state index in [9.17, 15) is 107 Å². The molecule has 0 spiro atoms. The number of hydrogen-bond donors (Lipinski definition) is 6. The van der Waals surface area contributed by atoms with Gasteiger partial charge in [0.05, 0.1) is 52.5 Å². The highest BCUT2D eigenvalue weighted by molar-refractivity contribution is 7.12. The van der Waals surface area contributed by atoms with Gasteiger partial charge in [0.1, 0.15) is 46.1 Å². The fraction of sp³-hybridized carbons (Fsp3) is 0.0714. The molecule has 676 valence electrons. The molecule has 0 aliphatic heterocycles. The number of aryl methyl sites for hydroxylation is 1. The van der Waals surface area contributed by atoms with E-state index in [2.05, 4.69) is 0 Å². The first-order valence-corrected chi connectivity index (χ1v) is 43.2. The summed E-state index contributed by atoms with van der Waals surface area (Å²) >= 11 is 1.26. The minimum absolute atomic E-state index is 0.0586. The molecule has 12 aromatic carbocycles. The summed E-state index contributed by atoms with van der Waals surface area (Å²) in [5.74, 6) is -9.93. The third-order valence-corrected chi connectivity index (χ3v) is 23.8. The van der Waals surface area contributed by atoms with Gasteiger partial charge in [-0.2, -0.15) is 0 Å². The molecule has 6 N–H and O–H groups in total.